The number of ether oxygens (including phenoxy) is 2. The molecule has 1 aliphatic rings. The first-order valence-corrected chi connectivity index (χ1v) is 12.4. The summed E-state index contributed by atoms with van der Waals surface area (Å²) in [5, 5.41) is 0.641. The maximum absolute atomic E-state index is 15.6. The number of hydrogen-bond donors (Lipinski definition) is 1. The molecule has 1 amide bonds. The van der Waals surface area contributed by atoms with Gasteiger partial charge in [0.1, 0.15) is 35.3 Å². The number of carbonyl (C=O) groups is 1. The first-order chi connectivity index (χ1) is 18.0. The van der Waals surface area contributed by atoms with E-state index in [1.54, 1.807) is 26.8 Å². The van der Waals surface area contributed by atoms with E-state index < -0.39 is 23.8 Å². The van der Waals surface area contributed by atoms with Crippen molar-refractivity contribution in [3.8, 4) is 22.8 Å². The summed E-state index contributed by atoms with van der Waals surface area (Å²) in [6, 6.07) is 13.0. The summed E-state index contributed by atoms with van der Waals surface area (Å²) in [6.07, 6.45) is -0.437. The summed E-state index contributed by atoms with van der Waals surface area (Å²) in [4.78, 5) is 27.2. The highest BCUT2D eigenvalue weighted by Gasteiger charge is 2.41. The van der Waals surface area contributed by atoms with E-state index in [0.29, 0.717) is 34.2 Å². The Labute approximate surface area is 220 Å². The molecule has 1 saturated heterocycles. The minimum Gasteiger partial charge on any atom is -0.444 e. The normalized spacial score (nSPS) is 17.7. The van der Waals surface area contributed by atoms with Gasteiger partial charge in [-0.25, -0.2) is 24.1 Å². The lowest BCUT2D eigenvalue weighted by Crippen LogP contribution is -2.35. The number of likely N-dealkylation sites (tertiary alicyclic amines) is 1. The highest BCUT2D eigenvalue weighted by Crippen LogP contribution is 2.43. The van der Waals surface area contributed by atoms with Crippen LogP contribution >= 0.6 is 0 Å². The molecule has 1 fully saturated rings. The third-order valence-corrected chi connectivity index (χ3v) is 6.52. The Bertz CT molecular complexity index is 1500. The summed E-state index contributed by atoms with van der Waals surface area (Å²) in [6.45, 7) is 7.38. The van der Waals surface area contributed by atoms with Gasteiger partial charge < -0.3 is 24.7 Å². The fourth-order valence-corrected chi connectivity index (χ4v) is 4.90. The van der Waals surface area contributed by atoms with Crippen molar-refractivity contribution >= 4 is 22.9 Å². The molecule has 2 N–H and O–H groups in total. The van der Waals surface area contributed by atoms with Gasteiger partial charge in [-0.3, -0.25) is 0 Å². The number of benzene rings is 1. The third kappa shape index (κ3) is 4.85. The Morgan fingerprint density at radius 3 is 2.53 bits per heavy atom. The van der Waals surface area contributed by atoms with Crippen LogP contribution in [0.1, 0.15) is 38.1 Å². The van der Waals surface area contributed by atoms with Crippen LogP contribution in [0.3, 0.4) is 0 Å². The molecule has 4 heterocycles. The lowest BCUT2D eigenvalue weighted by Gasteiger charge is -2.24. The van der Waals surface area contributed by atoms with E-state index in [0.717, 1.165) is 16.8 Å². The fourth-order valence-electron chi connectivity index (χ4n) is 4.90. The Hall–Kier alpha value is -4.21. The Morgan fingerprint density at radius 2 is 1.84 bits per heavy atom. The number of nitrogens with zero attached hydrogens (tertiary/aromatic N) is 5. The van der Waals surface area contributed by atoms with Crippen molar-refractivity contribution in [1.82, 2.24) is 24.4 Å². The average molecular weight is 519 g/mol. The molecule has 10 heteroatoms. The highest BCUT2D eigenvalue weighted by molar-refractivity contribution is 6.02. The van der Waals surface area contributed by atoms with Crippen LogP contribution in [0.2, 0.25) is 0 Å². The van der Waals surface area contributed by atoms with Crippen molar-refractivity contribution in [2.45, 2.75) is 45.4 Å². The predicted molar refractivity (Wildman–Crippen MR) is 143 cm³/mol. The van der Waals surface area contributed by atoms with Crippen molar-refractivity contribution in [2.75, 3.05) is 18.8 Å². The number of fused-ring (bicyclic) bond motifs is 1. The zero-order chi connectivity index (χ0) is 27.2. The van der Waals surface area contributed by atoms with Gasteiger partial charge in [0.05, 0.1) is 17.8 Å². The first-order valence-electron chi connectivity index (χ1n) is 12.4. The largest absolute Gasteiger partial charge is 0.444 e. The van der Waals surface area contributed by atoms with Crippen LogP contribution in [0.15, 0.2) is 48.8 Å². The summed E-state index contributed by atoms with van der Waals surface area (Å²) in [5.41, 5.74) is 9.33. The van der Waals surface area contributed by atoms with E-state index in [1.165, 1.54) is 11.2 Å². The minimum atomic E-state index is -1.30. The van der Waals surface area contributed by atoms with Gasteiger partial charge in [0.25, 0.3) is 0 Å². The number of aromatic nitrogens is 4. The zero-order valence-electron chi connectivity index (χ0n) is 22.1. The number of alkyl halides is 1. The molecule has 5 rings (SSSR count). The third-order valence-electron chi connectivity index (χ3n) is 6.52. The molecule has 0 bridgehead atoms. The first kappa shape index (κ1) is 25.4. The van der Waals surface area contributed by atoms with E-state index in [4.69, 9.17) is 15.2 Å². The van der Waals surface area contributed by atoms with Crippen molar-refractivity contribution < 1.29 is 18.7 Å². The summed E-state index contributed by atoms with van der Waals surface area (Å²) >= 11 is 0. The van der Waals surface area contributed by atoms with Crippen molar-refractivity contribution in [3.63, 3.8) is 0 Å². The van der Waals surface area contributed by atoms with Crippen LogP contribution in [0.4, 0.5) is 15.0 Å². The number of hydrogen-bond acceptors (Lipinski definition) is 7. The van der Waals surface area contributed by atoms with Crippen LogP contribution in [-0.4, -0.2) is 55.4 Å². The van der Waals surface area contributed by atoms with Gasteiger partial charge in [0.15, 0.2) is 0 Å². The molecule has 0 saturated carbocycles. The summed E-state index contributed by atoms with van der Waals surface area (Å²) < 4.78 is 28.9. The second-order valence-corrected chi connectivity index (χ2v) is 10.5. The topological polar surface area (TPSA) is 108 Å². The van der Waals surface area contributed by atoms with E-state index >= 15 is 4.39 Å². The van der Waals surface area contributed by atoms with Crippen LogP contribution in [-0.2, 0) is 11.8 Å². The number of pyridine rings is 1. The van der Waals surface area contributed by atoms with E-state index in [9.17, 15) is 4.79 Å². The standard InChI is InChI=1S/C28H31FN6O3/c1-16-7-6-8-21(33-16)37-18-11-9-17(10-12-18)22-23-25(30)31-15-32-26(23)34(5)24(22)19-13-35(14-20(19)29)27(36)38-28(2,3)4/h6-12,15,19-20H,13-14H2,1-5H3,(H2,30,31,32). The van der Waals surface area contributed by atoms with Crippen LogP contribution in [0.5, 0.6) is 11.6 Å². The fraction of sp³-hybridized carbons (Fsp3) is 0.357. The monoisotopic (exact) mass is 518 g/mol. The molecule has 38 heavy (non-hydrogen) atoms. The molecule has 1 aliphatic heterocycles. The molecule has 3 aromatic heterocycles. The Morgan fingerprint density at radius 1 is 1.11 bits per heavy atom. The van der Waals surface area contributed by atoms with Crippen molar-refractivity contribution in [3.05, 3.63) is 60.2 Å². The van der Waals surface area contributed by atoms with Gasteiger partial charge in [-0.05, 0) is 51.5 Å². The number of aryl methyl sites for hydroxylation is 2. The molecule has 198 valence electrons. The molecule has 9 nitrogen and oxygen atoms in total. The summed E-state index contributed by atoms with van der Waals surface area (Å²) in [7, 11) is 1.83. The van der Waals surface area contributed by atoms with E-state index in [2.05, 4.69) is 15.0 Å². The second kappa shape index (κ2) is 9.59. The highest BCUT2D eigenvalue weighted by atomic mass is 19.1. The van der Waals surface area contributed by atoms with Crippen molar-refractivity contribution in [2.24, 2.45) is 7.05 Å². The molecular weight excluding hydrogens is 487 g/mol. The number of nitrogens with two attached hydrogens (primary N) is 1. The quantitative estimate of drug-likeness (QED) is 0.386. The SMILES string of the molecule is Cc1cccc(Oc2ccc(-c3c(C4CN(C(=O)OC(C)(C)C)CC4F)n(C)c4ncnc(N)c34)cc2)n1. The molecule has 2 atom stereocenters. The summed E-state index contributed by atoms with van der Waals surface area (Å²) in [5.74, 6) is 0.796. The molecule has 2 unspecified atom stereocenters. The molecule has 0 spiro atoms. The number of halogens is 1. The molecule has 4 aromatic rings. The number of nitrogen functional groups attached to an aromatic ring is 1. The Kier molecular flexibility index (Phi) is 6.42. The van der Waals surface area contributed by atoms with Gasteiger partial charge in [0.2, 0.25) is 5.88 Å². The van der Waals surface area contributed by atoms with Gasteiger partial charge in [-0.15, -0.1) is 0 Å². The van der Waals surface area contributed by atoms with Crippen LogP contribution in [0, 0.1) is 6.92 Å². The lowest BCUT2D eigenvalue weighted by atomic mass is 9.93. The second-order valence-electron chi connectivity index (χ2n) is 10.5. The van der Waals surface area contributed by atoms with Gasteiger partial charge in [-0.1, -0.05) is 18.2 Å². The molecule has 0 aliphatic carbocycles. The van der Waals surface area contributed by atoms with Crippen LogP contribution < -0.4 is 10.5 Å². The van der Waals surface area contributed by atoms with E-state index in [1.807, 2.05) is 54.9 Å². The molecular formula is C28H31FN6O3. The number of rotatable bonds is 4. The predicted octanol–water partition coefficient (Wildman–Crippen LogP) is 5.39. The van der Waals surface area contributed by atoms with E-state index in [-0.39, 0.29) is 13.1 Å². The van der Waals surface area contributed by atoms with Gasteiger partial charge in [-0.2, -0.15) is 0 Å². The van der Waals surface area contributed by atoms with Crippen LogP contribution in [0.25, 0.3) is 22.2 Å². The smallest absolute Gasteiger partial charge is 0.410 e. The maximum atomic E-state index is 15.6. The van der Waals surface area contributed by atoms with Gasteiger partial charge >= 0.3 is 6.09 Å². The minimum absolute atomic E-state index is 0.0576. The van der Waals surface area contributed by atoms with Crippen molar-refractivity contribution in [1.29, 1.82) is 0 Å². The number of anilines is 1. The maximum Gasteiger partial charge on any atom is 0.410 e. The average Bonchev–Trinajstić information content (AvgIpc) is 3.37. The number of amides is 1. The van der Waals surface area contributed by atoms with Gasteiger partial charge in [0, 0.05) is 36.6 Å². The lowest BCUT2D eigenvalue weighted by molar-refractivity contribution is 0.0283. The Balaban J connectivity index is 1.54. The zero-order valence-corrected chi connectivity index (χ0v) is 22.1. The number of carbonyl (C=O) groups excluding carboxylic acids is 1. The molecule has 0 radical (unpaired) electrons. The molecule has 1 aromatic carbocycles.